The Labute approximate surface area is 530 Å². The van der Waals surface area contributed by atoms with Gasteiger partial charge in [-0.25, -0.2) is 9.13 Å². The van der Waals surface area contributed by atoms with E-state index in [0.29, 0.717) is 25.7 Å². The van der Waals surface area contributed by atoms with Crippen LogP contribution in [0.1, 0.15) is 343 Å². The minimum atomic E-state index is -4.95. The number of hydrogen-bond donors (Lipinski definition) is 3. The molecule has 0 spiro atoms. The predicted molar refractivity (Wildman–Crippen MR) is 349 cm³/mol. The highest BCUT2D eigenvalue weighted by atomic mass is 31.2. The first-order valence-electron chi connectivity index (χ1n) is 35.5. The second kappa shape index (κ2) is 60.3. The Kier molecular flexibility index (Phi) is 59.0. The van der Waals surface area contributed by atoms with E-state index in [0.717, 1.165) is 115 Å². The zero-order valence-electron chi connectivity index (χ0n) is 56.3. The Morgan fingerprint density at radius 3 is 0.874 bits per heavy atom. The van der Waals surface area contributed by atoms with E-state index < -0.39 is 97.5 Å². The van der Waals surface area contributed by atoms with Crippen molar-refractivity contribution in [1.82, 2.24) is 0 Å². The van der Waals surface area contributed by atoms with Crippen LogP contribution in [0, 0.1) is 11.8 Å². The van der Waals surface area contributed by atoms with Crippen molar-refractivity contribution >= 4 is 39.5 Å². The molecule has 3 N–H and O–H groups in total. The molecule has 0 aliphatic rings. The SMILES string of the molecule is CCCCCCCCCCCCCCCC(=O)O[C@H](COC(=O)CCCCCCCCC)COP(=O)(O)OC[C@H](O)COP(=O)(O)OC[C@@H](COC(=O)CCCCCCCCCCCCC(C)C)OC(=O)CCCCCCCCCCCCC(C)CC. The lowest BCUT2D eigenvalue weighted by atomic mass is 9.99. The zero-order valence-corrected chi connectivity index (χ0v) is 58.1. The molecule has 0 aliphatic carbocycles. The van der Waals surface area contributed by atoms with Gasteiger partial charge < -0.3 is 33.8 Å². The van der Waals surface area contributed by atoms with Gasteiger partial charge in [-0.15, -0.1) is 0 Å². The fourth-order valence-electron chi connectivity index (χ4n) is 10.2. The number of carbonyl (C=O) groups is 4. The predicted octanol–water partition coefficient (Wildman–Crippen LogP) is 19.2. The molecular weight excluding hydrogens is 1150 g/mol. The average Bonchev–Trinajstić information content (AvgIpc) is 3.59. The number of phosphoric ester groups is 2. The van der Waals surface area contributed by atoms with Crippen molar-refractivity contribution in [2.45, 2.75) is 362 Å². The van der Waals surface area contributed by atoms with Crippen LogP contribution in [-0.2, 0) is 65.4 Å². The van der Waals surface area contributed by atoms with E-state index in [1.54, 1.807) is 0 Å². The van der Waals surface area contributed by atoms with Crippen molar-refractivity contribution in [3.63, 3.8) is 0 Å². The summed E-state index contributed by atoms with van der Waals surface area (Å²) in [6.45, 7) is 9.52. The van der Waals surface area contributed by atoms with Crippen LogP contribution in [0.15, 0.2) is 0 Å². The molecule has 6 atom stereocenters. The van der Waals surface area contributed by atoms with E-state index in [1.165, 1.54) is 148 Å². The van der Waals surface area contributed by atoms with Crippen LogP contribution in [0.4, 0.5) is 0 Å². The van der Waals surface area contributed by atoms with E-state index >= 15 is 0 Å². The van der Waals surface area contributed by atoms with Gasteiger partial charge in [0.25, 0.3) is 0 Å². The number of ether oxygens (including phenoxy) is 4. The van der Waals surface area contributed by atoms with E-state index in [2.05, 4.69) is 41.5 Å². The normalized spacial score (nSPS) is 14.5. The fraction of sp³-hybridized carbons (Fsp3) is 0.941. The van der Waals surface area contributed by atoms with Gasteiger partial charge in [0, 0.05) is 25.7 Å². The van der Waals surface area contributed by atoms with E-state index in [4.69, 9.17) is 37.0 Å². The first-order chi connectivity index (χ1) is 41.9. The standard InChI is InChI=1S/C68H132O17P2/c1-7-10-12-14-16-17-18-19-20-28-34-40-46-52-67(72)84-63(56-78-65(70)50-44-38-30-15-13-11-8-2)58-82-86(74,75)80-54-62(69)55-81-87(76,77)83-59-64(57-79-66(71)51-45-39-33-27-23-21-25-31-36-42-48-60(4)5)85-68(73)53-47-41-35-29-24-22-26-32-37-43-49-61(6)9-3/h60-64,69H,7-59H2,1-6H3,(H,74,75)(H,76,77)/t61?,62-,63+,64+/m0/s1. The Bertz CT molecular complexity index is 1700. The minimum Gasteiger partial charge on any atom is -0.462 e. The summed E-state index contributed by atoms with van der Waals surface area (Å²) in [7, 11) is -9.89. The van der Waals surface area contributed by atoms with Crippen molar-refractivity contribution in [2.75, 3.05) is 39.6 Å². The molecule has 0 aromatic rings. The van der Waals surface area contributed by atoms with Gasteiger partial charge in [0.05, 0.1) is 26.4 Å². The Hall–Kier alpha value is -1.94. The number of aliphatic hydroxyl groups is 1. The van der Waals surface area contributed by atoms with Gasteiger partial charge in [0.15, 0.2) is 12.2 Å². The Morgan fingerprint density at radius 1 is 0.333 bits per heavy atom. The molecule has 0 saturated heterocycles. The number of unbranched alkanes of at least 4 members (excludes halogenated alkanes) is 36. The van der Waals surface area contributed by atoms with Crippen molar-refractivity contribution in [3.8, 4) is 0 Å². The summed E-state index contributed by atoms with van der Waals surface area (Å²) in [5.41, 5.74) is 0. The van der Waals surface area contributed by atoms with Crippen molar-refractivity contribution in [1.29, 1.82) is 0 Å². The smallest absolute Gasteiger partial charge is 0.462 e. The largest absolute Gasteiger partial charge is 0.472 e. The monoisotopic (exact) mass is 1280 g/mol. The van der Waals surface area contributed by atoms with Crippen molar-refractivity contribution in [2.24, 2.45) is 11.8 Å². The molecule has 3 unspecified atom stereocenters. The molecule has 0 saturated carbocycles. The second-order valence-electron chi connectivity index (χ2n) is 25.3. The zero-order chi connectivity index (χ0) is 64.3. The Morgan fingerprint density at radius 2 is 0.586 bits per heavy atom. The van der Waals surface area contributed by atoms with Crippen LogP contribution >= 0.6 is 15.6 Å². The molecular formula is C68H132O17P2. The molecule has 0 heterocycles. The number of hydrogen-bond acceptors (Lipinski definition) is 15. The second-order valence-corrected chi connectivity index (χ2v) is 28.2. The third-order valence-corrected chi connectivity index (χ3v) is 18.0. The summed E-state index contributed by atoms with van der Waals surface area (Å²) in [6, 6.07) is 0. The lowest BCUT2D eigenvalue weighted by molar-refractivity contribution is -0.161. The molecule has 87 heavy (non-hydrogen) atoms. The molecule has 0 radical (unpaired) electrons. The van der Waals surface area contributed by atoms with E-state index in [-0.39, 0.29) is 25.7 Å². The van der Waals surface area contributed by atoms with Gasteiger partial charge in [-0.05, 0) is 37.5 Å². The number of phosphoric acid groups is 2. The van der Waals surface area contributed by atoms with Gasteiger partial charge in [-0.2, -0.15) is 0 Å². The minimum absolute atomic E-state index is 0.106. The summed E-state index contributed by atoms with van der Waals surface area (Å²) in [5, 5.41) is 10.6. The molecule has 0 bridgehead atoms. The summed E-state index contributed by atoms with van der Waals surface area (Å²) < 4.78 is 68.1. The van der Waals surface area contributed by atoms with Crippen LogP contribution in [0.2, 0.25) is 0 Å². The average molecular weight is 1280 g/mol. The number of rotatable bonds is 67. The fourth-order valence-corrected chi connectivity index (χ4v) is 11.8. The maximum absolute atomic E-state index is 13.0. The van der Waals surface area contributed by atoms with Gasteiger partial charge >= 0.3 is 39.5 Å². The van der Waals surface area contributed by atoms with Crippen molar-refractivity contribution in [3.05, 3.63) is 0 Å². The van der Waals surface area contributed by atoms with Crippen LogP contribution in [0.5, 0.6) is 0 Å². The number of carbonyl (C=O) groups excluding carboxylic acids is 4. The maximum Gasteiger partial charge on any atom is 0.472 e. The highest BCUT2D eigenvalue weighted by molar-refractivity contribution is 7.47. The lowest BCUT2D eigenvalue weighted by Gasteiger charge is -2.21. The van der Waals surface area contributed by atoms with Crippen molar-refractivity contribution < 1.29 is 80.2 Å². The molecule has 0 fully saturated rings. The van der Waals surface area contributed by atoms with Gasteiger partial charge in [-0.1, -0.05) is 292 Å². The van der Waals surface area contributed by atoms with Gasteiger partial charge in [0.2, 0.25) is 0 Å². The van der Waals surface area contributed by atoms with Crippen LogP contribution in [0.25, 0.3) is 0 Å². The summed E-state index contributed by atoms with van der Waals surface area (Å²) in [4.78, 5) is 72.3. The first-order valence-corrected chi connectivity index (χ1v) is 38.5. The molecule has 17 nitrogen and oxygen atoms in total. The van der Waals surface area contributed by atoms with Crippen LogP contribution in [0.3, 0.4) is 0 Å². The molecule has 0 aliphatic heterocycles. The molecule has 516 valence electrons. The van der Waals surface area contributed by atoms with Gasteiger partial charge in [0.1, 0.15) is 19.3 Å². The molecule has 0 amide bonds. The summed E-state index contributed by atoms with van der Waals surface area (Å²) >= 11 is 0. The molecule has 0 rings (SSSR count). The number of aliphatic hydroxyl groups excluding tert-OH is 1. The first kappa shape index (κ1) is 85.1. The number of esters is 4. The maximum atomic E-state index is 13.0. The van der Waals surface area contributed by atoms with E-state index in [9.17, 15) is 43.2 Å². The molecule has 0 aromatic carbocycles. The van der Waals surface area contributed by atoms with E-state index in [1.807, 2.05) is 0 Å². The van der Waals surface area contributed by atoms with Gasteiger partial charge in [-0.3, -0.25) is 37.3 Å². The molecule has 19 heteroatoms. The Balaban J connectivity index is 5.22. The highest BCUT2D eigenvalue weighted by Crippen LogP contribution is 2.45. The summed E-state index contributed by atoms with van der Waals surface area (Å²) in [6.07, 6.45) is 44.4. The molecule has 0 aromatic heterocycles. The lowest BCUT2D eigenvalue weighted by Crippen LogP contribution is -2.30. The third kappa shape index (κ3) is 61.3. The summed E-state index contributed by atoms with van der Waals surface area (Å²) in [5.74, 6) is -0.569. The van der Waals surface area contributed by atoms with Crippen LogP contribution < -0.4 is 0 Å². The third-order valence-electron chi connectivity index (χ3n) is 16.1. The van der Waals surface area contributed by atoms with Crippen LogP contribution in [-0.4, -0.2) is 96.7 Å². The highest BCUT2D eigenvalue weighted by Gasteiger charge is 2.30. The topological polar surface area (TPSA) is 237 Å². The quantitative estimate of drug-likeness (QED) is 0.0222.